The predicted octanol–water partition coefficient (Wildman–Crippen LogP) is 0.447. The minimum absolute atomic E-state index is 0.0591. The molecular formula is C6H12F3N3O. The minimum Gasteiger partial charge on any atom is -0.372 e. The van der Waals surface area contributed by atoms with Crippen molar-refractivity contribution < 1.29 is 17.9 Å². The van der Waals surface area contributed by atoms with E-state index in [1.54, 1.807) is 0 Å². The molecule has 3 N–H and O–H groups in total. The van der Waals surface area contributed by atoms with Crippen LogP contribution in [-0.2, 0) is 4.74 Å². The first kappa shape index (κ1) is 12.2. The number of hydrazine groups is 1. The number of rotatable bonds is 4. The Balaban J connectivity index is 3.46. The van der Waals surface area contributed by atoms with E-state index in [0.717, 1.165) is 0 Å². The van der Waals surface area contributed by atoms with Gasteiger partial charge in [0, 0.05) is 13.5 Å². The second kappa shape index (κ2) is 5.76. The number of nitrogens with one attached hydrogen (secondary N) is 1. The van der Waals surface area contributed by atoms with Crippen molar-refractivity contribution in [1.82, 2.24) is 5.43 Å². The third kappa shape index (κ3) is 7.54. The molecule has 0 aromatic rings. The number of nitrogens with zero attached hydrogens (tertiary/aromatic N) is 1. The maximum atomic E-state index is 11.5. The van der Waals surface area contributed by atoms with E-state index in [-0.39, 0.29) is 13.0 Å². The fourth-order valence-corrected chi connectivity index (χ4v) is 0.605. The van der Waals surface area contributed by atoms with Gasteiger partial charge in [0.05, 0.1) is 6.61 Å². The normalized spacial score (nSPS) is 13.2. The molecule has 0 rings (SSSR count). The van der Waals surface area contributed by atoms with Crippen LogP contribution in [0.2, 0.25) is 0 Å². The van der Waals surface area contributed by atoms with Crippen molar-refractivity contribution in [2.24, 2.45) is 10.8 Å². The lowest BCUT2D eigenvalue weighted by Gasteiger charge is -2.08. The summed E-state index contributed by atoms with van der Waals surface area (Å²) in [6, 6.07) is 0. The first-order valence-corrected chi connectivity index (χ1v) is 3.56. The van der Waals surface area contributed by atoms with Crippen LogP contribution < -0.4 is 11.3 Å². The number of ether oxygens (including phenoxy) is 1. The predicted molar refractivity (Wildman–Crippen MR) is 42.2 cm³/mol. The molecule has 13 heavy (non-hydrogen) atoms. The molecule has 0 spiro atoms. The standard InChI is InChI=1S/C6H12F3N3O/c1-11-5(12-10)2-3-13-4-6(7,8)9/h2-4,10H2,1H3,(H,11,12). The molecule has 0 radical (unpaired) electrons. The molecule has 0 unspecified atom stereocenters. The lowest BCUT2D eigenvalue weighted by molar-refractivity contribution is -0.173. The number of halogens is 3. The van der Waals surface area contributed by atoms with E-state index in [1.807, 2.05) is 0 Å². The van der Waals surface area contributed by atoms with E-state index in [0.29, 0.717) is 5.84 Å². The second-order valence-corrected chi connectivity index (χ2v) is 2.23. The molecule has 0 aliphatic heterocycles. The molecule has 7 heteroatoms. The number of amidine groups is 1. The highest BCUT2D eigenvalue weighted by molar-refractivity contribution is 5.81. The zero-order valence-electron chi connectivity index (χ0n) is 7.19. The molecule has 0 heterocycles. The number of alkyl halides is 3. The Morgan fingerprint density at radius 3 is 2.54 bits per heavy atom. The summed E-state index contributed by atoms with van der Waals surface area (Å²) in [7, 11) is 1.49. The molecule has 4 nitrogen and oxygen atoms in total. The topological polar surface area (TPSA) is 59.6 Å². The maximum Gasteiger partial charge on any atom is 0.411 e. The zero-order chi connectivity index (χ0) is 10.3. The van der Waals surface area contributed by atoms with Crippen LogP contribution >= 0.6 is 0 Å². The van der Waals surface area contributed by atoms with Crippen LogP contribution in [0, 0.1) is 0 Å². The first-order chi connectivity index (χ1) is 5.99. The van der Waals surface area contributed by atoms with Gasteiger partial charge in [-0.1, -0.05) is 0 Å². The monoisotopic (exact) mass is 199 g/mol. The van der Waals surface area contributed by atoms with Crippen LogP contribution in [-0.4, -0.2) is 32.3 Å². The van der Waals surface area contributed by atoms with Crippen molar-refractivity contribution in [1.29, 1.82) is 0 Å². The summed E-state index contributed by atoms with van der Waals surface area (Å²) in [5.74, 6) is 5.40. The number of hydrogen-bond donors (Lipinski definition) is 2. The lowest BCUT2D eigenvalue weighted by Crippen LogP contribution is -2.31. The quantitative estimate of drug-likeness (QED) is 0.227. The van der Waals surface area contributed by atoms with Gasteiger partial charge in [-0.3, -0.25) is 4.99 Å². The van der Waals surface area contributed by atoms with Crippen LogP contribution in [0.4, 0.5) is 13.2 Å². The molecule has 0 fully saturated rings. The molecule has 0 aliphatic carbocycles. The van der Waals surface area contributed by atoms with Crippen LogP contribution in [0.3, 0.4) is 0 Å². The van der Waals surface area contributed by atoms with Gasteiger partial charge in [-0.15, -0.1) is 0 Å². The Hall–Kier alpha value is -0.820. The van der Waals surface area contributed by atoms with Crippen LogP contribution in [0.5, 0.6) is 0 Å². The van der Waals surface area contributed by atoms with Crippen molar-refractivity contribution in [2.75, 3.05) is 20.3 Å². The highest BCUT2D eigenvalue weighted by Crippen LogP contribution is 2.14. The molecule has 78 valence electrons. The van der Waals surface area contributed by atoms with Crippen molar-refractivity contribution in [3.63, 3.8) is 0 Å². The first-order valence-electron chi connectivity index (χ1n) is 3.56. The Kier molecular flexibility index (Phi) is 5.40. The van der Waals surface area contributed by atoms with Crippen LogP contribution in [0.1, 0.15) is 6.42 Å². The van der Waals surface area contributed by atoms with Gasteiger partial charge in [-0.2, -0.15) is 13.2 Å². The van der Waals surface area contributed by atoms with Gasteiger partial charge in [0.1, 0.15) is 12.4 Å². The number of hydrogen-bond acceptors (Lipinski definition) is 3. The van der Waals surface area contributed by atoms with E-state index >= 15 is 0 Å². The molecule has 0 bridgehead atoms. The second-order valence-electron chi connectivity index (χ2n) is 2.23. The molecular weight excluding hydrogens is 187 g/mol. The highest BCUT2D eigenvalue weighted by Gasteiger charge is 2.27. The third-order valence-electron chi connectivity index (χ3n) is 1.19. The molecule has 0 saturated heterocycles. The Bertz CT molecular complexity index is 169. The zero-order valence-corrected chi connectivity index (χ0v) is 7.19. The molecule has 0 saturated carbocycles. The van der Waals surface area contributed by atoms with Crippen molar-refractivity contribution in [3.05, 3.63) is 0 Å². The summed E-state index contributed by atoms with van der Waals surface area (Å²) in [5.41, 5.74) is 2.24. The van der Waals surface area contributed by atoms with Crippen molar-refractivity contribution >= 4 is 5.84 Å². The van der Waals surface area contributed by atoms with Gasteiger partial charge in [-0.25, -0.2) is 5.84 Å². The summed E-state index contributed by atoms with van der Waals surface area (Å²) in [4.78, 5) is 3.66. The van der Waals surface area contributed by atoms with Gasteiger partial charge in [0.15, 0.2) is 0 Å². The summed E-state index contributed by atoms with van der Waals surface area (Å²) >= 11 is 0. The summed E-state index contributed by atoms with van der Waals surface area (Å²) in [6.07, 6.45) is -4.04. The summed E-state index contributed by atoms with van der Waals surface area (Å²) < 4.78 is 39.0. The summed E-state index contributed by atoms with van der Waals surface area (Å²) in [5, 5.41) is 0. The van der Waals surface area contributed by atoms with Crippen LogP contribution in [0.25, 0.3) is 0 Å². The minimum atomic E-state index is -4.28. The lowest BCUT2D eigenvalue weighted by atomic mass is 10.4. The Labute approximate surface area is 73.9 Å². The van der Waals surface area contributed by atoms with E-state index in [2.05, 4.69) is 15.2 Å². The SMILES string of the molecule is CN=C(CCOCC(F)(F)F)NN. The van der Waals surface area contributed by atoms with Gasteiger partial charge in [-0.05, 0) is 0 Å². The van der Waals surface area contributed by atoms with Gasteiger partial charge in [0.2, 0.25) is 0 Å². The van der Waals surface area contributed by atoms with Crippen LogP contribution in [0.15, 0.2) is 4.99 Å². The van der Waals surface area contributed by atoms with Gasteiger partial charge in [0.25, 0.3) is 0 Å². The molecule has 0 aromatic heterocycles. The van der Waals surface area contributed by atoms with Crippen molar-refractivity contribution in [2.45, 2.75) is 12.6 Å². The van der Waals surface area contributed by atoms with E-state index in [1.165, 1.54) is 7.05 Å². The van der Waals surface area contributed by atoms with Crippen molar-refractivity contribution in [3.8, 4) is 0 Å². The average Bonchev–Trinajstić information content (AvgIpc) is 2.03. The largest absolute Gasteiger partial charge is 0.411 e. The average molecular weight is 199 g/mol. The Morgan fingerprint density at radius 1 is 1.54 bits per heavy atom. The summed E-state index contributed by atoms with van der Waals surface area (Å²) in [6.45, 7) is -1.30. The van der Waals surface area contributed by atoms with E-state index in [4.69, 9.17) is 5.84 Å². The fraction of sp³-hybridized carbons (Fsp3) is 0.833. The van der Waals surface area contributed by atoms with E-state index in [9.17, 15) is 13.2 Å². The fourth-order valence-electron chi connectivity index (χ4n) is 0.605. The maximum absolute atomic E-state index is 11.5. The smallest absolute Gasteiger partial charge is 0.372 e. The molecule has 0 amide bonds. The molecule has 0 atom stereocenters. The van der Waals surface area contributed by atoms with Gasteiger partial charge < -0.3 is 10.2 Å². The third-order valence-corrected chi connectivity index (χ3v) is 1.19. The highest BCUT2D eigenvalue weighted by atomic mass is 19.4. The molecule has 0 aromatic carbocycles. The number of nitrogens with two attached hydrogens (primary N) is 1. The van der Waals surface area contributed by atoms with Gasteiger partial charge >= 0.3 is 6.18 Å². The number of aliphatic imine (C=N–C) groups is 1. The molecule has 0 aliphatic rings. The van der Waals surface area contributed by atoms with E-state index < -0.39 is 12.8 Å². The Morgan fingerprint density at radius 2 is 2.15 bits per heavy atom.